The molecule has 0 bridgehead atoms. The molecule has 0 aliphatic rings. The number of carbonyl (C=O) groups excluding carboxylic acids is 2. The van der Waals surface area contributed by atoms with Gasteiger partial charge >= 0.3 is 19.5 Å². The Morgan fingerprint density at radius 1 is 1.13 bits per heavy atom. The van der Waals surface area contributed by atoms with Gasteiger partial charge in [-0.25, -0.2) is 0 Å². The van der Waals surface area contributed by atoms with E-state index in [1.165, 1.54) is 5.69 Å². The van der Waals surface area contributed by atoms with E-state index in [0.717, 1.165) is 31.8 Å². The second-order valence-corrected chi connectivity index (χ2v) is 4.39. The van der Waals surface area contributed by atoms with Gasteiger partial charge in [0, 0.05) is 23.8 Å². The zero-order valence-corrected chi connectivity index (χ0v) is 16.7. The number of pyridine rings is 1. The number of aryl methyl sites for hydroxylation is 2. The molecule has 120 valence electrons. The predicted molar refractivity (Wildman–Crippen MR) is 76.4 cm³/mol. The van der Waals surface area contributed by atoms with Crippen molar-refractivity contribution < 1.29 is 39.3 Å². The van der Waals surface area contributed by atoms with Crippen LogP contribution in [0, 0.1) is 13.8 Å². The molecule has 23 heavy (non-hydrogen) atoms. The Labute approximate surface area is 148 Å². The molecule has 0 aliphatic heterocycles. The van der Waals surface area contributed by atoms with Gasteiger partial charge in [0.15, 0.2) is 0 Å². The average molecular weight is 371 g/mol. The molecule has 0 N–H and O–H groups in total. The van der Waals surface area contributed by atoms with E-state index in [1.807, 2.05) is 29.8 Å². The van der Waals surface area contributed by atoms with Crippen molar-refractivity contribution >= 4 is 11.9 Å². The largest absolute Gasteiger partial charge is 2.00 e. The van der Waals surface area contributed by atoms with Gasteiger partial charge in [0.25, 0.3) is 0 Å². The number of nitrogens with zero attached hydrogens (tertiary/aromatic N) is 3. The maximum Gasteiger partial charge on any atom is 2.00 e. The van der Waals surface area contributed by atoms with Gasteiger partial charge < -0.3 is 19.8 Å². The van der Waals surface area contributed by atoms with E-state index in [-0.39, 0.29) is 19.5 Å². The van der Waals surface area contributed by atoms with Crippen molar-refractivity contribution in [1.82, 2.24) is 14.8 Å². The molecule has 0 spiro atoms. The fourth-order valence-electron chi connectivity index (χ4n) is 1.48. The molecule has 0 aromatic carbocycles. The summed E-state index contributed by atoms with van der Waals surface area (Å²) in [5, 5.41) is 22.2. The molecular formula is C15H19N3O4Zn. The van der Waals surface area contributed by atoms with Crippen LogP contribution >= 0.6 is 0 Å². The second kappa shape index (κ2) is 12.5. The number of aliphatic carboxylic acids is 2. The smallest absolute Gasteiger partial charge is 0.550 e. The minimum atomic E-state index is -1.08. The van der Waals surface area contributed by atoms with Gasteiger partial charge in [-0.15, -0.1) is 0 Å². The van der Waals surface area contributed by atoms with Gasteiger partial charge in [0.2, 0.25) is 0 Å². The molecule has 0 unspecified atom stereocenters. The Morgan fingerprint density at radius 3 is 2.00 bits per heavy atom. The van der Waals surface area contributed by atoms with Crippen molar-refractivity contribution in [2.45, 2.75) is 34.2 Å². The van der Waals surface area contributed by atoms with Gasteiger partial charge in [0.05, 0.1) is 17.9 Å². The number of carbonyl (C=O) groups is 2. The van der Waals surface area contributed by atoms with Crippen LogP contribution in [0.1, 0.15) is 30.9 Å². The Kier molecular flexibility index (Phi) is 12.6. The minimum absolute atomic E-state index is 0. The molecule has 0 aliphatic carbocycles. The van der Waals surface area contributed by atoms with Gasteiger partial charge in [0.1, 0.15) is 0 Å². The molecule has 0 amide bonds. The number of carboxylic acids is 2. The molecule has 2 aromatic heterocycles. The average Bonchev–Trinajstić information content (AvgIpc) is 2.67. The summed E-state index contributed by atoms with van der Waals surface area (Å²) in [5.41, 5.74) is 3.27. The van der Waals surface area contributed by atoms with Crippen LogP contribution in [0.25, 0.3) is 0 Å². The molecule has 0 saturated heterocycles. The summed E-state index contributed by atoms with van der Waals surface area (Å²) >= 11 is 0. The molecule has 0 fully saturated rings. The van der Waals surface area contributed by atoms with Crippen LogP contribution in [0.2, 0.25) is 0 Å². The maximum absolute atomic E-state index is 8.89. The van der Waals surface area contributed by atoms with Crippen LogP contribution in [0.15, 0.2) is 30.5 Å². The summed E-state index contributed by atoms with van der Waals surface area (Å²) in [6.45, 7) is 6.76. The number of hydrogen-bond acceptors (Lipinski definition) is 6. The Balaban J connectivity index is 0. The quantitative estimate of drug-likeness (QED) is 0.656. The molecule has 0 saturated carbocycles. The summed E-state index contributed by atoms with van der Waals surface area (Å²) in [6.07, 6.45) is 1.81. The molecular weight excluding hydrogens is 352 g/mol. The Morgan fingerprint density at radius 2 is 1.65 bits per heavy atom. The first-order valence-electron chi connectivity index (χ1n) is 6.48. The monoisotopic (exact) mass is 369 g/mol. The molecule has 8 heteroatoms. The Hall–Kier alpha value is -2.08. The van der Waals surface area contributed by atoms with Crippen LogP contribution in [0.5, 0.6) is 0 Å². The summed E-state index contributed by atoms with van der Waals surface area (Å²) in [4.78, 5) is 22.0. The van der Waals surface area contributed by atoms with Gasteiger partial charge in [-0.3, -0.25) is 9.67 Å². The van der Waals surface area contributed by atoms with Crippen LogP contribution in [-0.2, 0) is 35.6 Å². The standard InChI is InChI=1S/C11H13N3.2C2H4O2.Zn/c1-9-7-10(2)14(13-9)8-11-5-3-4-6-12-11;2*1-2(3)4;/h3-7H,8H2,1-2H3;2*1H3,(H,3,4);/q;;;+2/p-2. The van der Waals surface area contributed by atoms with Gasteiger partial charge in [-0.1, -0.05) is 6.07 Å². The number of carboxylic acid groups (broad SMARTS) is 2. The summed E-state index contributed by atoms with van der Waals surface area (Å²) in [6, 6.07) is 8.00. The van der Waals surface area contributed by atoms with E-state index in [1.54, 1.807) is 6.20 Å². The molecule has 0 atom stereocenters. The van der Waals surface area contributed by atoms with E-state index in [2.05, 4.69) is 23.1 Å². The Bertz CT molecular complexity index is 580. The number of aromatic nitrogens is 3. The van der Waals surface area contributed by atoms with Crippen LogP contribution in [0.3, 0.4) is 0 Å². The fourth-order valence-corrected chi connectivity index (χ4v) is 1.48. The van der Waals surface area contributed by atoms with Crippen LogP contribution in [-0.4, -0.2) is 26.7 Å². The normalized spacial score (nSPS) is 8.52. The first kappa shape index (κ1) is 23.2. The van der Waals surface area contributed by atoms with Crippen LogP contribution < -0.4 is 10.2 Å². The van der Waals surface area contributed by atoms with E-state index >= 15 is 0 Å². The summed E-state index contributed by atoms with van der Waals surface area (Å²) in [7, 11) is 0. The zero-order chi connectivity index (χ0) is 17.1. The van der Waals surface area contributed by atoms with Crippen molar-refractivity contribution in [3.05, 3.63) is 47.5 Å². The predicted octanol–water partition coefficient (Wildman–Crippen LogP) is -0.547. The number of rotatable bonds is 2. The van der Waals surface area contributed by atoms with Crippen molar-refractivity contribution in [2.75, 3.05) is 0 Å². The van der Waals surface area contributed by atoms with Crippen molar-refractivity contribution in [2.24, 2.45) is 0 Å². The SMILES string of the molecule is CC(=O)[O-].CC(=O)[O-].Cc1cc(C)n(Cc2ccccn2)n1.[Zn+2]. The fraction of sp³-hybridized carbons (Fsp3) is 0.333. The van der Waals surface area contributed by atoms with Gasteiger partial charge in [-0.2, -0.15) is 5.10 Å². The summed E-state index contributed by atoms with van der Waals surface area (Å²) in [5.74, 6) is -2.17. The molecule has 0 radical (unpaired) electrons. The van der Waals surface area contributed by atoms with Crippen molar-refractivity contribution in [3.63, 3.8) is 0 Å². The molecule has 2 heterocycles. The van der Waals surface area contributed by atoms with E-state index in [9.17, 15) is 0 Å². The summed E-state index contributed by atoms with van der Waals surface area (Å²) < 4.78 is 1.97. The number of hydrogen-bond donors (Lipinski definition) is 0. The first-order chi connectivity index (χ1) is 10.2. The topological polar surface area (TPSA) is 111 Å². The molecule has 7 nitrogen and oxygen atoms in total. The van der Waals surface area contributed by atoms with E-state index < -0.39 is 11.9 Å². The minimum Gasteiger partial charge on any atom is -0.550 e. The van der Waals surface area contributed by atoms with E-state index in [0.29, 0.717) is 0 Å². The third-order valence-corrected chi connectivity index (χ3v) is 2.14. The zero-order valence-electron chi connectivity index (χ0n) is 13.8. The molecule has 2 rings (SSSR count). The van der Waals surface area contributed by atoms with Crippen molar-refractivity contribution in [3.8, 4) is 0 Å². The third-order valence-electron chi connectivity index (χ3n) is 2.14. The second-order valence-electron chi connectivity index (χ2n) is 4.39. The first-order valence-corrected chi connectivity index (χ1v) is 6.48. The third kappa shape index (κ3) is 13.3. The van der Waals surface area contributed by atoms with E-state index in [4.69, 9.17) is 19.8 Å². The van der Waals surface area contributed by atoms with Crippen molar-refractivity contribution in [1.29, 1.82) is 0 Å². The van der Waals surface area contributed by atoms with Gasteiger partial charge in [-0.05, 0) is 45.9 Å². The molecule has 2 aromatic rings. The maximum atomic E-state index is 8.89. The van der Waals surface area contributed by atoms with Crippen LogP contribution in [0.4, 0.5) is 0 Å².